The first kappa shape index (κ1) is 22.5. The molecule has 3 aromatic rings. The number of esters is 1. The number of hydrazone groups is 1. The summed E-state index contributed by atoms with van der Waals surface area (Å²) in [4.78, 5) is 23.2. The SMILES string of the molecule is COC(=O)c1ccc(COc2ccc(/C=N/NC(=O)COc3ccccc3F)cc2)cc1. The molecule has 1 N–H and O–H groups in total. The highest BCUT2D eigenvalue weighted by Gasteiger charge is 2.06. The quantitative estimate of drug-likeness (QED) is 0.314. The van der Waals surface area contributed by atoms with E-state index >= 15 is 0 Å². The standard InChI is InChI=1S/C24H21FN2O5/c1-30-24(29)19-10-6-18(7-11-19)15-31-20-12-8-17(9-13-20)14-26-27-23(28)16-32-22-5-3-2-4-21(22)25/h2-14H,15-16H2,1H3,(H,27,28)/b26-14+. The molecule has 0 aromatic heterocycles. The van der Waals surface area contributed by atoms with Crippen LogP contribution in [-0.4, -0.2) is 31.8 Å². The minimum absolute atomic E-state index is 0.00151. The maximum atomic E-state index is 13.4. The fourth-order valence-corrected chi connectivity index (χ4v) is 2.59. The fourth-order valence-electron chi connectivity index (χ4n) is 2.59. The molecular formula is C24H21FN2O5. The Morgan fingerprint density at radius 1 is 0.969 bits per heavy atom. The van der Waals surface area contributed by atoms with Crippen LogP contribution in [0.1, 0.15) is 21.5 Å². The smallest absolute Gasteiger partial charge is 0.337 e. The molecule has 164 valence electrons. The van der Waals surface area contributed by atoms with E-state index in [2.05, 4.69) is 15.3 Å². The average Bonchev–Trinajstić information content (AvgIpc) is 2.83. The summed E-state index contributed by atoms with van der Waals surface area (Å²) < 4.78 is 28.9. The van der Waals surface area contributed by atoms with Gasteiger partial charge >= 0.3 is 5.97 Å². The third kappa shape index (κ3) is 6.66. The monoisotopic (exact) mass is 436 g/mol. The number of benzene rings is 3. The number of carbonyl (C=O) groups excluding carboxylic acids is 2. The predicted molar refractivity (Wildman–Crippen MR) is 116 cm³/mol. The molecule has 0 bridgehead atoms. The molecule has 0 saturated heterocycles. The molecule has 0 aliphatic rings. The van der Waals surface area contributed by atoms with Crippen molar-refractivity contribution in [2.75, 3.05) is 13.7 Å². The number of rotatable bonds is 9. The van der Waals surface area contributed by atoms with Crippen LogP contribution in [0.2, 0.25) is 0 Å². The van der Waals surface area contributed by atoms with Crippen molar-refractivity contribution in [1.82, 2.24) is 5.43 Å². The first-order chi connectivity index (χ1) is 15.5. The van der Waals surface area contributed by atoms with Crippen LogP contribution >= 0.6 is 0 Å². The summed E-state index contributed by atoms with van der Waals surface area (Å²) in [5.74, 6) is -0.779. The Morgan fingerprint density at radius 2 is 1.69 bits per heavy atom. The van der Waals surface area contributed by atoms with Crippen molar-refractivity contribution in [2.24, 2.45) is 5.10 Å². The number of hydrogen-bond donors (Lipinski definition) is 1. The minimum atomic E-state index is -0.538. The van der Waals surface area contributed by atoms with E-state index in [1.165, 1.54) is 31.5 Å². The van der Waals surface area contributed by atoms with Crippen molar-refractivity contribution in [3.05, 3.63) is 95.3 Å². The summed E-state index contributed by atoms with van der Waals surface area (Å²) in [6, 6.07) is 19.9. The molecule has 0 fully saturated rings. The molecule has 0 radical (unpaired) electrons. The lowest BCUT2D eigenvalue weighted by Gasteiger charge is -2.07. The molecule has 0 spiro atoms. The van der Waals surface area contributed by atoms with Crippen molar-refractivity contribution in [2.45, 2.75) is 6.61 Å². The summed E-state index contributed by atoms with van der Waals surface area (Å²) >= 11 is 0. The van der Waals surface area contributed by atoms with E-state index < -0.39 is 11.7 Å². The van der Waals surface area contributed by atoms with E-state index in [9.17, 15) is 14.0 Å². The average molecular weight is 436 g/mol. The number of nitrogens with zero attached hydrogens (tertiary/aromatic N) is 1. The fraction of sp³-hybridized carbons (Fsp3) is 0.125. The summed E-state index contributed by atoms with van der Waals surface area (Å²) in [7, 11) is 1.34. The maximum absolute atomic E-state index is 13.4. The zero-order valence-electron chi connectivity index (χ0n) is 17.3. The highest BCUT2D eigenvalue weighted by Crippen LogP contribution is 2.15. The van der Waals surface area contributed by atoms with E-state index in [4.69, 9.17) is 9.47 Å². The zero-order valence-corrected chi connectivity index (χ0v) is 17.3. The predicted octanol–water partition coefficient (Wildman–Crippen LogP) is 3.72. The zero-order chi connectivity index (χ0) is 22.8. The van der Waals surface area contributed by atoms with Crippen LogP contribution in [0.4, 0.5) is 4.39 Å². The first-order valence-electron chi connectivity index (χ1n) is 9.64. The van der Waals surface area contributed by atoms with Gasteiger partial charge in [0.2, 0.25) is 0 Å². The molecule has 0 aliphatic carbocycles. The van der Waals surface area contributed by atoms with E-state index in [0.717, 1.165) is 11.1 Å². The maximum Gasteiger partial charge on any atom is 0.337 e. The summed E-state index contributed by atoms with van der Waals surface area (Å²) in [5.41, 5.74) is 4.45. The number of carbonyl (C=O) groups is 2. The van der Waals surface area contributed by atoms with Crippen molar-refractivity contribution in [1.29, 1.82) is 0 Å². The summed E-state index contributed by atoms with van der Waals surface area (Å²) in [6.07, 6.45) is 1.47. The summed E-state index contributed by atoms with van der Waals surface area (Å²) in [6.45, 7) is -0.0153. The van der Waals surface area contributed by atoms with Crippen molar-refractivity contribution < 1.29 is 28.2 Å². The molecule has 0 heterocycles. The molecule has 8 heteroatoms. The normalized spacial score (nSPS) is 10.6. The molecule has 0 saturated carbocycles. The number of hydrogen-bond acceptors (Lipinski definition) is 6. The number of amides is 1. The van der Waals surface area contributed by atoms with Crippen LogP contribution in [0.25, 0.3) is 0 Å². The second kappa shape index (κ2) is 11.3. The van der Waals surface area contributed by atoms with Crippen LogP contribution in [0.3, 0.4) is 0 Å². The second-order valence-electron chi connectivity index (χ2n) is 6.56. The van der Waals surface area contributed by atoms with Gasteiger partial charge < -0.3 is 14.2 Å². The first-order valence-corrected chi connectivity index (χ1v) is 9.64. The Labute approximate surface area is 184 Å². The van der Waals surface area contributed by atoms with Gasteiger partial charge in [-0.15, -0.1) is 0 Å². The molecular weight excluding hydrogens is 415 g/mol. The van der Waals surface area contributed by atoms with Gasteiger partial charge in [0, 0.05) is 0 Å². The molecule has 3 aromatic carbocycles. The molecule has 0 unspecified atom stereocenters. The Hall–Kier alpha value is -4.20. The number of para-hydroxylation sites is 1. The van der Waals surface area contributed by atoms with Gasteiger partial charge in [-0.3, -0.25) is 4.79 Å². The van der Waals surface area contributed by atoms with Crippen molar-refractivity contribution >= 4 is 18.1 Å². The van der Waals surface area contributed by atoms with E-state index in [1.807, 2.05) is 0 Å². The number of methoxy groups -OCH3 is 1. The Morgan fingerprint density at radius 3 is 2.38 bits per heavy atom. The summed E-state index contributed by atoms with van der Waals surface area (Å²) in [5, 5.41) is 3.85. The number of halogens is 1. The van der Waals surface area contributed by atoms with Gasteiger partial charge in [0.05, 0.1) is 18.9 Å². The molecule has 3 rings (SSSR count). The van der Waals surface area contributed by atoms with Gasteiger partial charge in [-0.1, -0.05) is 24.3 Å². The van der Waals surface area contributed by atoms with Gasteiger partial charge in [-0.2, -0.15) is 5.10 Å². The largest absolute Gasteiger partial charge is 0.489 e. The van der Waals surface area contributed by atoms with Gasteiger partial charge in [-0.05, 0) is 59.7 Å². The highest BCUT2D eigenvalue weighted by molar-refractivity contribution is 5.89. The second-order valence-corrected chi connectivity index (χ2v) is 6.56. The van der Waals surface area contributed by atoms with Gasteiger partial charge in [0.1, 0.15) is 12.4 Å². The lowest BCUT2D eigenvalue weighted by Crippen LogP contribution is -2.24. The molecule has 32 heavy (non-hydrogen) atoms. The van der Waals surface area contributed by atoms with Crippen LogP contribution in [0.5, 0.6) is 11.5 Å². The Balaban J connectivity index is 1.43. The van der Waals surface area contributed by atoms with E-state index in [0.29, 0.717) is 17.9 Å². The molecule has 0 atom stereocenters. The minimum Gasteiger partial charge on any atom is -0.489 e. The third-order valence-electron chi connectivity index (χ3n) is 4.26. The molecule has 0 aliphatic heterocycles. The molecule has 1 amide bonds. The van der Waals surface area contributed by atoms with Crippen LogP contribution in [0, 0.1) is 5.82 Å². The third-order valence-corrected chi connectivity index (χ3v) is 4.26. The lowest BCUT2D eigenvalue weighted by molar-refractivity contribution is -0.123. The lowest BCUT2D eigenvalue weighted by atomic mass is 10.1. The van der Waals surface area contributed by atoms with Gasteiger partial charge in [0.25, 0.3) is 5.91 Å². The van der Waals surface area contributed by atoms with Gasteiger partial charge in [0.15, 0.2) is 18.2 Å². The number of nitrogens with one attached hydrogen (secondary N) is 1. The number of ether oxygens (including phenoxy) is 3. The Kier molecular flexibility index (Phi) is 7.91. The van der Waals surface area contributed by atoms with Gasteiger partial charge in [-0.25, -0.2) is 14.6 Å². The van der Waals surface area contributed by atoms with Crippen molar-refractivity contribution in [3.63, 3.8) is 0 Å². The van der Waals surface area contributed by atoms with E-state index in [1.54, 1.807) is 54.6 Å². The van der Waals surface area contributed by atoms with Crippen LogP contribution in [0.15, 0.2) is 77.9 Å². The molecule has 7 nitrogen and oxygen atoms in total. The topological polar surface area (TPSA) is 86.2 Å². The van der Waals surface area contributed by atoms with Crippen molar-refractivity contribution in [3.8, 4) is 11.5 Å². The highest BCUT2D eigenvalue weighted by atomic mass is 19.1. The van der Waals surface area contributed by atoms with Crippen LogP contribution in [-0.2, 0) is 16.1 Å². The van der Waals surface area contributed by atoms with E-state index in [-0.39, 0.29) is 18.3 Å². The van der Waals surface area contributed by atoms with Crippen LogP contribution < -0.4 is 14.9 Å². The Bertz CT molecular complexity index is 1080.